The molecule has 8 nitrogen and oxygen atoms in total. The second-order valence-electron chi connectivity index (χ2n) is 8.72. The molecule has 0 radical (unpaired) electrons. The van der Waals surface area contributed by atoms with Crippen molar-refractivity contribution in [1.82, 2.24) is 9.80 Å². The number of nitrogens with one attached hydrogen (secondary N) is 1. The van der Waals surface area contributed by atoms with Gasteiger partial charge in [0.25, 0.3) is 21.8 Å². The van der Waals surface area contributed by atoms with Crippen LogP contribution in [0.15, 0.2) is 47.4 Å². The number of likely N-dealkylation sites (tertiary alicyclic amines) is 2. The van der Waals surface area contributed by atoms with Crippen LogP contribution in [0.25, 0.3) is 0 Å². The van der Waals surface area contributed by atoms with Crippen LogP contribution in [0.4, 0.5) is 5.69 Å². The Morgan fingerprint density at radius 2 is 1.35 bits per heavy atom. The minimum Gasteiger partial charge on any atom is -0.496 e. The van der Waals surface area contributed by atoms with E-state index in [1.807, 2.05) is 0 Å². The number of anilines is 1. The van der Waals surface area contributed by atoms with E-state index in [2.05, 4.69) is 4.72 Å². The largest absolute Gasteiger partial charge is 0.496 e. The SMILES string of the molecule is COc1ccc(S(=O)(=O)Nc2ccccc2C(=O)N2CCCCCC2)cc1C(=O)N1CCCC1. The van der Waals surface area contributed by atoms with Crippen LogP contribution in [0.3, 0.4) is 0 Å². The highest BCUT2D eigenvalue weighted by Gasteiger charge is 2.27. The van der Waals surface area contributed by atoms with Crippen LogP contribution in [0.5, 0.6) is 5.75 Å². The van der Waals surface area contributed by atoms with Gasteiger partial charge in [-0.2, -0.15) is 0 Å². The average Bonchev–Trinajstić information content (AvgIpc) is 3.25. The first-order chi connectivity index (χ1) is 16.4. The molecule has 0 atom stereocenters. The van der Waals surface area contributed by atoms with Crippen molar-refractivity contribution in [2.45, 2.75) is 43.4 Å². The fraction of sp³-hybridized carbons (Fsp3) is 0.440. The fourth-order valence-electron chi connectivity index (χ4n) is 4.52. The Kier molecular flexibility index (Phi) is 7.41. The minimum atomic E-state index is -4.06. The van der Waals surface area contributed by atoms with E-state index in [9.17, 15) is 18.0 Å². The lowest BCUT2D eigenvalue weighted by Gasteiger charge is -2.22. The van der Waals surface area contributed by atoms with Crippen molar-refractivity contribution in [2.75, 3.05) is 38.0 Å². The number of amides is 2. The Morgan fingerprint density at radius 3 is 1.97 bits per heavy atom. The van der Waals surface area contributed by atoms with E-state index in [4.69, 9.17) is 4.74 Å². The zero-order valence-electron chi connectivity index (χ0n) is 19.5. The van der Waals surface area contributed by atoms with Gasteiger partial charge in [0.05, 0.1) is 28.8 Å². The molecule has 0 aromatic heterocycles. The van der Waals surface area contributed by atoms with E-state index in [1.165, 1.54) is 25.3 Å². The second kappa shape index (κ2) is 10.5. The summed E-state index contributed by atoms with van der Waals surface area (Å²) in [7, 11) is -2.61. The summed E-state index contributed by atoms with van der Waals surface area (Å²) in [5.41, 5.74) is 0.746. The van der Waals surface area contributed by atoms with Gasteiger partial charge < -0.3 is 14.5 Å². The molecule has 9 heteroatoms. The molecule has 1 N–H and O–H groups in total. The quantitative estimate of drug-likeness (QED) is 0.672. The highest BCUT2D eigenvalue weighted by atomic mass is 32.2. The third-order valence-electron chi connectivity index (χ3n) is 6.40. The lowest BCUT2D eigenvalue weighted by atomic mass is 10.1. The molecule has 2 fully saturated rings. The van der Waals surface area contributed by atoms with Gasteiger partial charge >= 0.3 is 0 Å². The molecule has 2 saturated heterocycles. The van der Waals surface area contributed by atoms with Crippen LogP contribution in [0.2, 0.25) is 0 Å². The topological polar surface area (TPSA) is 96.0 Å². The summed E-state index contributed by atoms with van der Waals surface area (Å²) in [4.78, 5) is 29.6. The molecular weight excluding hydrogens is 454 g/mol. The maximum absolute atomic E-state index is 13.3. The molecule has 2 heterocycles. The lowest BCUT2D eigenvalue weighted by molar-refractivity contribution is 0.0760. The number of carbonyl (C=O) groups is 2. The van der Waals surface area contributed by atoms with Gasteiger partial charge in [0.15, 0.2) is 0 Å². The molecule has 0 bridgehead atoms. The van der Waals surface area contributed by atoms with Crippen LogP contribution >= 0.6 is 0 Å². The fourth-order valence-corrected chi connectivity index (χ4v) is 5.62. The number of carbonyl (C=O) groups excluding carboxylic acids is 2. The molecule has 0 saturated carbocycles. The normalized spacial score (nSPS) is 16.7. The van der Waals surface area contributed by atoms with E-state index in [0.717, 1.165) is 38.5 Å². The standard InChI is InChI=1S/C25H31N3O5S/c1-33-23-13-12-19(18-21(23)25(30)28-16-8-9-17-28)34(31,32)26-22-11-5-4-10-20(22)24(29)27-14-6-2-3-7-15-27/h4-5,10-13,18,26H,2-3,6-9,14-17H2,1H3. The molecule has 2 aliphatic heterocycles. The Morgan fingerprint density at radius 1 is 0.794 bits per heavy atom. The predicted octanol–water partition coefficient (Wildman–Crippen LogP) is 3.75. The van der Waals surface area contributed by atoms with Crippen molar-refractivity contribution in [3.63, 3.8) is 0 Å². The number of hydrogen-bond acceptors (Lipinski definition) is 5. The van der Waals surface area contributed by atoms with E-state index < -0.39 is 10.0 Å². The van der Waals surface area contributed by atoms with Gasteiger partial charge in [0.1, 0.15) is 5.75 Å². The van der Waals surface area contributed by atoms with Gasteiger partial charge in [-0.15, -0.1) is 0 Å². The number of benzene rings is 2. The number of ether oxygens (including phenoxy) is 1. The van der Waals surface area contributed by atoms with Crippen LogP contribution in [-0.2, 0) is 10.0 Å². The van der Waals surface area contributed by atoms with Crippen molar-refractivity contribution in [1.29, 1.82) is 0 Å². The van der Waals surface area contributed by atoms with Crippen LogP contribution < -0.4 is 9.46 Å². The van der Waals surface area contributed by atoms with E-state index >= 15 is 0 Å². The molecule has 0 spiro atoms. The monoisotopic (exact) mass is 485 g/mol. The summed E-state index contributed by atoms with van der Waals surface area (Å²) in [5.74, 6) is -0.101. The molecule has 2 aromatic carbocycles. The lowest BCUT2D eigenvalue weighted by Crippen LogP contribution is -2.32. The molecule has 4 rings (SSSR count). The van der Waals surface area contributed by atoms with Gasteiger partial charge in [0.2, 0.25) is 0 Å². The molecule has 0 unspecified atom stereocenters. The van der Waals surface area contributed by atoms with Gasteiger partial charge in [-0.25, -0.2) is 8.42 Å². The van der Waals surface area contributed by atoms with Crippen LogP contribution in [0.1, 0.15) is 59.2 Å². The number of rotatable bonds is 6. The van der Waals surface area contributed by atoms with Gasteiger partial charge in [0, 0.05) is 26.2 Å². The first-order valence-electron chi connectivity index (χ1n) is 11.8. The molecule has 182 valence electrons. The Labute approximate surface area is 200 Å². The molecule has 2 amide bonds. The molecule has 2 aliphatic rings. The van der Waals surface area contributed by atoms with Crippen LogP contribution in [0, 0.1) is 0 Å². The predicted molar refractivity (Wildman–Crippen MR) is 130 cm³/mol. The van der Waals surface area contributed by atoms with Crippen LogP contribution in [-0.4, -0.2) is 63.3 Å². The molecule has 2 aromatic rings. The van der Waals surface area contributed by atoms with Crippen molar-refractivity contribution in [3.05, 3.63) is 53.6 Å². The summed E-state index contributed by atoms with van der Waals surface area (Å²) in [6.07, 6.45) is 5.92. The number of nitrogens with zero attached hydrogens (tertiary/aromatic N) is 2. The van der Waals surface area contributed by atoms with E-state index in [-0.39, 0.29) is 28.0 Å². The summed E-state index contributed by atoms with van der Waals surface area (Å²) in [6, 6.07) is 10.9. The molecule has 0 aliphatic carbocycles. The number of methoxy groups -OCH3 is 1. The summed E-state index contributed by atoms with van der Waals surface area (Å²) in [5, 5.41) is 0. The average molecular weight is 486 g/mol. The van der Waals surface area contributed by atoms with E-state index in [1.54, 1.807) is 34.1 Å². The first kappa shape index (κ1) is 24.1. The molecule has 34 heavy (non-hydrogen) atoms. The van der Waals surface area contributed by atoms with Gasteiger partial charge in [-0.1, -0.05) is 25.0 Å². The van der Waals surface area contributed by atoms with Gasteiger partial charge in [-0.3, -0.25) is 14.3 Å². The highest BCUT2D eigenvalue weighted by Crippen LogP contribution is 2.28. The van der Waals surface area contributed by atoms with Crippen molar-refractivity contribution >= 4 is 27.5 Å². The zero-order valence-corrected chi connectivity index (χ0v) is 20.3. The summed E-state index contributed by atoms with van der Waals surface area (Å²) in [6.45, 7) is 2.62. The van der Waals surface area contributed by atoms with Crippen molar-refractivity contribution in [2.24, 2.45) is 0 Å². The Hall–Kier alpha value is -3.07. The number of hydrogen-bond donors (Lipinski definition) is 1. The first-order valence-corrected chi connectivity index (χ1v) is 13.3. The Bertz CT molecular complexity index is 1150. The minimum absolute atomic E-state index is 0.0622. The van der Waals surface area contributed by atoms with Crippen molar-refractivity contribution < 1.29 is 22.7 Å². The third kappa shape index (κ3) is 5.19. The van der Waals surface area contributed by atoms with Crippen molar-refractivity contribution in [3.8, 4) is 5.75 Å². The van der Waals surface area contributed by atoms with E-state index in [0.29, 0.717) is 37.5 Å². The summed E-state index contributed by atoms with van der Waals surface area (Å²) < 4.78 is 34.5. The number of para-hydroxylation sites is 1. The highest BCUT2D eigenvalue weighted by molar-refractivity contribution is 7.92. The third-order valence-corrected chi connectivity index (χ3v) is 7.76. The smallest absolute Gasteiger partial charge is 0.261 e. The summed E-state index contributed by atoms with van der Waals surface area (Å²) >= 11 is 0. The zero-order chi connectivity index (χ0) is 24.1. The maximum Gasteiger partial charge on any atom is 0.261 e. The van der Waals surface area contributed by atoms with Gasteiger partial charge in [-0.05, 0) is 56.0 Å². The maximum atomic E-state index is 13.3. The Balaban J connectivity index is 1.62. The number of sulfonamides is 1. The molecular formula is C25H31N3O5S. The second-order valence-corrected chi connectivity index (χ2v) is 10.4.